The van der Waals surface area contributed by atoms with Crippen molar-refractivity contribution in [2.24, 2.45) is 0 Å². The minimum absolute atomic E-state index is 0.00513. The van der Waals surface area contributed by atoms with E-state index in [1.165, 1.54) is 0 Å². The lowest BCUT2D eigenvalue weighted by Crippen LogP contribution is -2.44. The van der Waals surface area contributed by atoms with E-state index in [9.17, 15) is 4.79 Å². The molecule has 1 aliphatic rings. The summed E-state index contributed by atoms with van der Waals surface area (Å²) in [6.07, 6.45) is 3.20. The van der Waals surface area contributed by atoms with Gasteiger partial charge in [-0.3, -0.25) is 4.79 Å². The van der Waals surface area contributed by atoms with Crippen LogP contribution in [0, 0.1) is 0 Å². The van der Waals surface area contributed by atoms with Crippen molar-refractivity contribution in [2.75, 3.05) is 25.0 Å². The third-order valence-electron chi connectivity index (χ3n) is 5.95. The number of halogens is 1. The Morgan fingerprint density at radius 3 is 2.62 bits per heavy atom. The SMILES string of the molecule is [B]c1cnn2c(NC3CCN(C(=O)COc4ccccc4)CC3)cc(-c3ccccc3Cl)nc12. The van der Waals surface area contributed by atoms with Gasteiger partial charge in [-0.2, -0.15) is 9.61 Å². The van der Waals surface area contributed by atoms with Crippen LogP contribution in [-0.2, 0) is 4.79 Å². The Labute approximate surface area is 204 Å². The lowest BCUT2D eigenvalue weighted by molar-refractivity contribution is -0.134. The van der Waals surface area contributed by atoms with Crippen molar-refractivity contribution >= 4 is 42.3 Å². The molecule has 2 radical (unpaired) electrons. The maximum absolute atomic E-state index is 12.6. The van der Waals surface area contributed by atoms with Crippen LogP contribution in [0.15, 0.2) is 66.9 Å². The molecule has 1 amide bonds. The first-order valence-electron chi connectivity index (χ1n) is 11.2. The molecule has 0 bridgehead atoms. The number of para-hydroxylation sites is 1. The molecule has 34 heavy (non-hydrogen) atoms. The predicted molar refractivity (Wildman–Crippen MR) is 134 cm³/mol. The van der Waals surface area contributed by atoms with Crippen molar-refractivity contribution in [2.45, 2.75) is 18.9 Å². The lowest BCUT2D eigenvalue weighted by atomic mass is 10.0. The van der Waals surface area contributed by atoms with Gasteiger partial charge in [-0.15, -0.1) is 0 Å². The van der Waals surface area contributed by atoms with Crippen molar-refractivity contribution in [3.8, 4) is 17.0 Å². The third-order valence-corrected chi connectivity index (χ3v) is 6.28. The molecule has 0 saturated carbocycles. The lowest BCUT2D eigenvalue weighted by Gasteiger charge is -2.33. The van der Waals surface area contributed by atoms with Crippen LogP contribution in [0.4, 0.5) is 5.82 Å². The number of carbonyl (C=O) groups is 1. The highest BCUT2D eigenvalue weighted by Gasteiger charge is 2.24. The highest BCUT2D eigenvalue weighted by molar-refractivity contribution is 6.36. The van der Waals surface area contributed by atoms with Gasteiger partial charge < -0.3 is 15.0 Å². The molecule has 1 aliphatic heterocycles. The summed E-state index contributed by atoms with van der Waals surface area (Å²) in [5.41, 5.74) is 2.62. The first kappa shape index (κ1) is 22.3. The maximum atomic E-state index is 12.6. The number of carbonyl (C=O) groups excluding carboxylic acids is 1. The monoisotopic (exact) mass is 471 g/mol. The topological polar surface area (TPSA) is 71.8 Å². The number of fused-ring (bicyclic) bond motifs is 1. The minimum atomic E-state index is -0.00513. The van der Waals surface area contributed by atoms with E-state index in [-0.39, 0.29) is 18.6 Å². The number of hydrogen-bond donors (Lipinski definition) is 1. The molecule has 5 rings (SSSR count). The van der Waals surface area contributed by atoms with Gasteiger partial charge in [0.25, 0.3) is 5.91 Å². The number of piperidine rings is 1. The van der Waals surface area contributed by atoms with Crippen molar-refractivity contribution in [3.05, 3.63) is 71.9 Å². The number of anilines is 1. The van der Waals surface area contributed by atoms with Crippen LogP contribution in [0.5, 0.6) is 5.75 Å². The van der Waals surface area contributed by atoms with Crippen molar-refractivity contribution in [1.82, 2.24) is 19.5 Å². The summed E-state index contributed by atoms with van der Waals surface area (Å²) in [6, 6.07) is 19.1. The molecular weight excluding hydrogens is 449 g/mol. The highest BCUT2D eigenvalue weighted by atomic mass is 35.5. The largest absolute Gasteiger partial charge is 0.484 e. The fourth-order valence-corrected chi connectivity index (χ4v) is 4.36. The minimum Gasteiger partial charge on any atom is -0.484 e. The standard InChI is InChI=1S/C25H23BClN5O2/c26-20-15-28-32-23(14-22(30-25(20)32)19-8-4-5-9-21(19)27)29-17-10-12-31(13-11-17)24(33)16-34-18-6-2-1-3-7-18/h1-9,14-15,17,29H,10-13,16H2. The van der Waals surface area contributed by atoms with Crippen LogP contribution in [-0.4, -0.2) is 59.0 Å². The molecule has 2 aromatic heterocycles. The Morgan fingerprint density at radius 1 is 1.12 bits per heavy atom. The fourth-order valence-electron chi connectivity index (χ4n) is 4.13. The molecule has 0 aliphatic carbocycles. The second-order valence-electron chi connectivity index (χ2n) is 8.24. The summed E-state index contributed by atoms with van der Waals surface area (Å²) in [7, 11) is 6.12. The van der Waals surface area contributed by atoms with Crippen LogP contribution in [0.2, 0.25) is 5.02 Å². The number of ether oxygens (including phenoxy) is 1. The molecule has 3 heterocycles. The number of benzene rings is 2. The summed E-state index contributed by atoms with van der Waals surface area (Å²) in [6.45, 7) is 1.35. The van der Waals surface area contributed by atoms with Gasteiger partial charge in [-0.1, -0.05) is 48.0 Å². The molecular formula is C25H23BClN5O2. The average Bonchev–Trinajstić information content (AvgIpc) is 3.25. The molecule has 0 unspecified atom stereocenters. The van der Waals surface area contributed by atoms with Gasteiger partial charge in [-0.25, -0.2) is 4.98 Å². The quantitative estimate of drug-likeness (QED) is 0.437. The molecule has 1 saturated heterocycles. The van der Waals surface area contributed by atoms with Crippen LogP contribution < -0.4 is 15.5 Å². The number of nitrogens with one attached hydrogen (secondary N) is 1. The van der Waals surface area contributed by atoms with Crippen LogP contribution in [0.3, 0.4) is 0 Å². The maximum Gasteiger partial charge on any atom is 0.260 e. The molecule has 1 N–H and O–H groups in total. The van der Waals surface area contributed by atoms with Gasteiger partial charge in [0.05, 0.1) is 5.69 Å². The Hall–Kier alpha value is -3.52. The molecule has 170 valence electrons. The molecule has 9 heteroatoms. The predicted octanol–water partition coefficient (Wildman–Crippen LogP) is 3.33. The number of likely N-dealkylation sites (tertiary alicyclic amines) is 1. The number of aromatic nitrogens is 3. The third kappa shape index (κ3) is 4.72. The molecule has 2 aromatic carbocycles. The number of hydrogen-bond acceptors (Lipinski definition) is 5. The summed E-state index contributed by atoms with van der Waals surface area (Å²) in [4.78, 5) is 19.1. The number of rotatable bonds is 6. The van der Waals surface area contributed by atoms with E-state index >= 15 is 0 Å². The Morgan fingerprint density at radius 2 is 1.85 bits per heavy atom. The molecule has 4 aromatic rings. The van der Waals surface area contributed by atoms with Gasteiger partial charge in [-0.05, 0) is 36.5 Å². The summed E-state index contributed by atoms with van der Waals surface area (Å²) in [5, 5.41) is 8.59. The molecule has 7 nitrogen and oxygen atoms in total. The zero-order valence-corrected chi connectivity index (χ0v) is 19.3. The van der Waals surface area contributed by atoms with Crippen LogP contribution >= 0.6 is 11.6 Å². The fraction of sp³-hybridized carbons (Fsp3) is 0.240. The van der Waals surface area contributed by atoms with Crippen LogP contribution in [0.1, 0.15) is 12.8 Å². The summed E-state index contributed by atoms with van der Waals surface area (Å²) < 4.78 is 7.32. The molecule has 0 atom stereocenters. The van der Waals surface area contributed by atoms with Gasteiger partial charge in [0.2, 0.25) is 0 Å². The second-order valence-corrected chi connectivity index (χ2v) is 8.65. The van der Waals surface area contributed by atoms with Gasteiger partial charge >= 0.3 is 0 Å². The van der Waals surface area contributed by atoms with Gasteiger partial charge in [0.1, 0.15) is 19.4 Å². The van der Waals surface area contributed by atoms with E-state index in [2.05, 4.69) is 15.4 Å². The normalized spacial score (nSPS) is 14.3. The first-order valence-corrected chi connectivity index (χ1v) is 11.6. The average molecular weight is 472 g/mol. The van der Waals surface area contributed by atoms with E-state index in [0.717, 1.165) is 29.9 Å². The van der Waals surface area contributed by atoms with E-state index < -0.39 is 0 Å². The highest BCUT2D eigenvalue weighted by Crippen LogP contribution is 2.29. The van der Waals surface area contributed by atoms with Gasteiger partial charge in [0.15, 0.2) is 12.3 Å². The van der Waals surface area contributed by atoms with Crippen molar-refractivity contribution in [3.63, 3.8) is 0 Å². The Balaban J connectivity index is 1.27. The van der Waals surface area contributed by atoms with Crippen LogP contribution in [0.25, 0.3) is 16.9 Å². The smallest absolute Gasteiger partial charge is 0.260 e. The zero-order chi connectivity index (χ0) is 23.5. The van der Waals surface area contributed by atoms with Crippen molar-refractivity contribution < 1.29 is 9.53 Å². The Bertz CT molecular complexity index is 1310. The number of nitrogens with zero attached hydrogens (tertiary/aromatic N) is 4. The molecule has 0 spiro atoms. The van der Waals surface area contributed by atoms with E-state index in [1.807, 2.05) is 65.6 Å². The van der Waals surface area contributed by atoms with Gasteiger partial charge in [0, 0.05) is 42.0 Å². The summed E-state index contributed by atoms with van der Waals surface area (Å²) in [5.74, 6) is 1.48. The van der Waals surface area contributed by atoms with E-state index in [1.54, 1.807) is 10.7 Å². The van der Waals surface area contributed by atoms with E-state index in [4.69, 9.17) is 24.2 Å². The first-order chi connectivity index (χ1) is 16.6. The summed E-state index contributed by atoms with van der Waals surface area (Å²) >= 11 is 6.42. The second kappa shape index (κ2) is 9.77. The zero-order valence-electron chi connectivity index (χ0n) is 18.5. The van der Waals surface area contributed by atoms with E-state index in [0.29, 0.717) is 35.0 Å². The Kier molecular flexibility index (Phi) is 6.40. The number of amides is 1. The van der Waals surface area contributed by atoms with Crippen molar-refractivity contribution in [1.29, 1.82) is 0 Å². The molecule has 1 fully saturated rings.